The van der Waals surface area contributed by atoms with Crippen LogP contribution in [0.5, 0.6) is 5.75 Å². The van der Waals surface area contributed by atoms with Crippen LogP contribution in [0.2, 0.25) is 39.3 Å². The van der Waals surface area contributed by atoms with Gasteiger partial charge in [0.25, 0.3) is 0 Å². The second-order valence-corrected chi connectivity index (χ2v) is 15.5. The van der Waals surface area contributed by atoms with Crippen LogP contribution in [0.4, 0.5) is 0 Å². The van der Waals surface area contributed by atoms with Gasteiger partial charge in [0.2, 0.25) is 16.6 Å². The molecule has 0 N–H and O–H groups in total. The minimum Gasteiger partial charge on any atom is -0.544 e. The van der Waals surface area contributed by atoms with E-state index < -0.39 is 16.6 Å². The standard InChI is InChI=1S/C15H24O3Si2/c1-19(2,3)17-14-10-7-13(8-11-14)9-12-15(16)18-20(4,5)6/h7-12H,1-6H3. The second-order valence-electron chi connectivity index (χ2n) is 6.65. The summed E-state index contributed by atoms with van der Waals surface area (Å²) in [7, 11) is -3.38. The van der Waals surface area contributed by atoms with E-state index in [1.54, 1.807) is 6.08 Å². The van der Waals surface area contributed by atoms with Crippen LogP contribution in [0.1, 0.15) is 5.56 Å². The van der Waals surface area contributed by atoms with Gasteiger partial charge in [0.1, 0.15) is 5.75 Å². The van der Waals surface area contributed by atoms with Crippen LogP contribution in [0, 0.1) is 0 Å². The molecule has 0 saturated heterocycles. The summed E-state index contributed by atoms with van der Waals surface area (Å²) in [5, 5.41) is 0. The van der Waals surface area contributed by atoms with Gasteiger partial charge in [-0.15, -0.1) is 0 Å². The summed E-state index contributed by atoms with van der Waals surface area (Å²) in [5.74, 6) is 0.609. The van der Waals surface area contributed by atoms with Crippen molar-refractivity contribution in [2.75, 3.05) is 0 Å². The van der Waals surface area contributed by atoms with Crippen LogP contribution in [0.25, 0.3) is 6.08 Å². The van der Waals surface area contributed by atoms with Crippen molar-refractivity contribution in [3.05, 3.63) is 35.9 Å². The Morgan fingerprint density at radius 1 is 0.950 bits per heavy atom. The van der Waals surface area contributed by atoms with E-state index >= 15 is 0 Å². The molecule has 1 aromatic carbocycles. The number of rotatable bonds is 5. The number of hydrogen-bond acceptors (Lipinski definition) is 3. The fourth-order valence-electron chi connectivity index (χ4n) is 1.50. The molecule has 5 heteroatoms. The van der Waals surface area contributed by atoms with Crippen LogP contribution in [-0.4, -0.2) is 22.6 Å². The monoisotopic (exact) mass is 308 g/mol. The number of carbonyl (C=O) groups excluding carboxylic acids is 1. The minimum absolute atomic E-state index is 0.272. The van der Waals surface area contributed by atoms with Crippen LogP contribution >= 0.6 is 0 Å². The first-order valence-electron chi connectivity index (χ1n) is 6.75. The van der Waals surface area contributed by atoms with Gasteiger partial charge < -0.3 is 8.85 Å². The predicted molar refractivity (Wildman–Crippen MR) is 88.9 cm³/mol. The zero-order valence-corrected chi connectivity index (χ0v) is 15.2. The highest BCUT2D eigenvalue weighted by Gasteiger charge is 2.18. The van der Waals surface area contributed by atoms with Crippen molar-refractivity contribution in [3.63, 3.8) is 0 Å². The summed E-state index contributed by atoms with van der Waals surface area (Å²) < 4.78 is 11.2. The minimum atomic E-state index is -1.81. The molecule has 3 nitrogen and oxygen atoms in total. The quantitative estimate of drug-likeness (QED) is 0.601. The Kier molecular flexibility index (Phi) is 5.36. The topological polar surface area (TPSA) is 35.5 Å². The summed E-state index contributed by atoms with van der Waals surface area (Å²) in [4.78, 5) is 11.6. The third kappa shape index (κ3) is 7.30. The smallest absolute Gasteiger partial charge is 0.317 e. The Hall–Kier alpha value is -1.34. The molecule has 110 valence electrons. The summed E-state index contributed by atoms with van der Waals surface area (Å²) >= 11 is 0. The fourth-order valence-corrected chi connectivity index (χ4v) is 3.02. The van der Waals surface area contributed by atoms with Crippen molar-refractivity contribution < 1.29 is 13.6 Å². The van der Waals surface area contributed by atoms with Crippen LogP contribution in [-0.2, 0) is 9.22 Å². The fraction of sp³-hybridized carbons (Fsp3) is 0.400. The lowest BCUT2D eigenvalue weighted by molar-refractivity contribution is -0.129. The lowest BCUT2D eigenvalue weighted by atomic mass is 10.2. The molecule has 20 heavy (non-hydrogen) atoms. The summed E-state index contributed by atoms with van der Waals surface area (Å²) in [6.07, 6.45) is 3.24. The highest BCUT2D eigenvalue weighted by molar-refractivity contribution is 6.71. The normalized spacial score (nSPS) is 12.5. The van der Waals surface area contributed by atoms with Gasteiger partial charge in [0.15, 0.2) is 0 Å². The highest BCUT2D eigenvalue weighted by Crippen LogP contribution is 2.17. The van der Waals surface area contributed by atoms with E-state index in [0.29, 0.717) is 0 Å². The van der Waals surface area contributed by atoms with Crippen molar-refractivity contribution in [3.8, 4) is 5.75 Å². The van der Waals surface area contributed by atoms with Gasteiger partial charge in [-0.25, -0.2) is 4.79 Å². The lowest BCUT2D eigenvalue weighted by Crippen LogP contribution is -2.29. The summed E-state index contributed by atoms with van der Waals surface area (Å²) in [6.45, 7) is 12.4. The van der Waals surface area contributed by atoms with E-state index in [4.69, 9.17) is 8.85 Å². The Balaban J connectivity index is 2.64. The maximum Gasteiger partial charge on any atom is 0.317 e. The third-order valence-corrected chi connectivity index (χ3v) is 3.78. The van der Waals surface area contributed by atoms with E-state index in [1.165, 1.54) is 6.08 Å². The van der Waals surface area contributed by atoms with Crippen molar-refractivity contribution >= 4 is 28.7 Å². The molecule has 0 radical (unpaired) electrons. The van der Waals surface area contributed by atoms with E-state index in [9.17, 15) is 4.79 Å². The van der Waals surface area contributed by atoms with Gasteiger partial charge in [-0.1, -0.05) is 12.1 Å². The molecule has 0 amide bonds. The second kappa shape index (κ2) is 6.41. The molecule has 0 bridgehead atoms. The molecule has 0 aliphatic rings. The van der Waals surface area contributed by atoms with Gasteiger partial charge in [-0.2, -0.15) is 0 Å². The molecule has 0 atom stereocenters. The van der Waals surface area contributed by atoms with Crippen molar-refractivity contribution in [1.29, 1.82) is 0 Å². The molecule has 0 aliphatic carbocycles. The largest absolute Gasteiger partial charge is 0.544 e. The molecule has 1 aromatic rings. The zero-order chi connectivity index (χ0) is 15.4. The van der Waals surface area contributed by atoms with E-state index in [0.717, 1.165) is 11.3 Å². The molecule has 1 rings (SSSR count). The molecule has 0 fully saturated rings. The van der Waals surface area contributed by atoms with Gasteiger partial charge in [0, 0.05) is 6.08 Å². The number of carbonyl (C=O) groups is 1. The van der Waals surface area contributed by atoms with Crippen LogP contribution < -0.4 is 4.43 Å². The maximum absolute atomic E-state index is 11.6. The molecule has 0 spiro atoms. The van der Waals surface area contributed by atoms with Crippen molar-refractivity contribution in [2.45, 2.75) is 39.3 Å². The zero-order valence-electron chi connectivity index (χ0n) is 13.2. The number of benzene rings is 1. The first kappa shape index (κ1) is 16.7. The Labute approximate surface area is 123 Å². The summed E-state index contributed by atoms with van der Waals surface area (Å²) in [5.41, 5.74) is 0.959. The third-order valence-electron chi connectivity index (χ3n) is 2.12. The van der Waals surface area contributed by atoms with Crippen LogP contribution in [0.15, 0.2) is 30.3 Å². The van der Waals surface area contributed by atoms with Crippen molar-refractivity contribution in [2.24, 2.45) is 0 Å². The van der Waals surface area contributed by atoms with Gasteiger partial charge in [-0.05, 0) is 63.1 Å². The van der Waals surface area contributed by atoms with Gasteiger partial charge >= 0.3 is 5.97 Å². The highest BCUT2D eigenvalue weighted by atomic mass is 28.4. The molecular formula is C15H24O3Si2. The lowest BCUT2D eigenvalue weighted by Gasteiger charge is -2.19. The van der Waals surface area contributed by atoms with E-state index in [-0.39, 0.29) is 5.97 Å². The Bertz CT molecular complexity index is 479. The SMILES string of the molecule is C[Si](C)(C)OC(=O)C=Cc1ccc(O[Si](C)(C)C)cc1. The molecule has 0 aromatic heterocycles. The van der Waals surface area contributed by atoms with Crippen molar-refractivity contribution in [1.82, 2.24) is 0 Å². The number of hydrogen-bond donors (Lipinski definition) is 0. The average molecular weight is 309 g/mol. The maximum atomic E-state index is 11.6. The molecule has 0 heterocycles. The van der Waals surface area contributed by atoms with E-state index in [1.807, 2.05) is 43.9 Å². The first-order valence-corrected chi connectivity index (χ1v) is 13.6. The van der Waals surface area contributed by atoms with Gasteiger partial charge in [-0.3, -0.25) is 0 Å². The molecule has 0 unspecified atom stereocenters. The Morgan fingerprint density at radius 2 is 1.50 bits per heavy atom. The van der Waals surface area contributed by atoms with Gasteiger partial charge in [0.05, 0.1) is 0 Å². The first-order chi connectivity index (χ1) is 9.05. The molecular weight excluding hydrogens is 284 g/mol. The van der Waals surface area contributed by atoms with E-state index in [2.05, 4.69) is 19.6 Å². The van der Waals surface area contributed by atoms with Crippen LogP contribution in [0.3, 0.4) is 0 Å². The molecule has 0 saturated carbocycles. The predicted octanol–water partition coefficient (Wildman–Crippen LogP) is 4.29. The summed E-state index contributed by atoms with van der Waals surface area (Å²) in [6, 6.07) is 7.74. The Morgan fingerprint density at radius 3 is 1.95 bits per heavy atom. The molecule has 0 aliphatic heterocycles. The average Bonchev–Trinajstić information content (AvgIpc) is 2.23.